The number of aromatic nitrogens is 1. The summed E-state index contributed by atoms with van der Waals surface area (Å²) in [4.78, 5) is 21.4. The predicted octanol–water partition coefficient (Wildman–Crippen LogP) is 3.63. The minimum atomic E-state index is -0.661. The highest BCUT2D eigenvalue weighted by atomic mass is 79.9. The molecule has 22 heavy (non-hydrogen) atoms. The number of benzene rings is 1. The first kappa shape index (κ1) is 15.0. The van der Waals surface area contributed by atoms with E-state index in [1.807, 2.05) is 24.3 Å². The van der Waals surface area contributed by atoms with E-state index in [1.165, 1.54) is 6.20 Å². The number of anilines is 1. The van der Waals surface area contributed by atoms with Crippen molar-refractivity contribution in [3.8, 4) is 0 Å². The number of nitrogens with one attached hydrogen (secondary N) is 1. The van der Waals surface area contributed by atoms with Gasteiger partial charge in [-0.25, -0.2) is 4.98 Å². The van der Waals surface area contributed by atoms with Crippen LogP contribution in [0.25, 0.3) is 0 Å². The van der Waals surface area contributed by atoms with Crippen LogP contribution in [0, 0.1) is 0 Å². The molecule has 2 aromatic rings. The van der Waals surface area contributed by atoms with Crippen LogP contribution >= 0.6 is 27.5 Å². The molecule has 0 fully saturated rings. The lowest BCUT2D eigenvalue weighted by atomic mass is 10.0. The fraction of sp³-hybridized carbons (Fsp3) is 0.133. The zero-order valence-electron chi connectivity index (χ0n) is 11.3. The lowest BCUT2D eigenvalue weighted by Crippen LogP contribution is -2.28. The number of carbonyl (C=O) groups is 1. The Bertz CT molecular complexity index is 734. The van der Waals surface area contributed by atoms with Crippen molar-refractivity contribution in [3.63, 3.8) is 0 Å². The zero-order chi connectivity index (χ0) is 15.5. The summed E-state index contributed by atoms with van der Waals surface area (Å²) < 4.78 is 0.950. The fourth-order valence-electron chi connectivity index (χ4n) is 2.01. The first-order chi connectivity index (χ1) is 10.6. The molecule has 0 saturated carbocycles. The van der Waals surface area contributed by atoms with Crippen LogP contribution in [0.5, 0.6) is 0 Å². The maximum atomic E-state index is 12.2. The average Bonchev–Trinajstić information content (AvgIpc) is 3.00. The lowest BCUT2D eigenvalue weighted by molar-refractivity contribution is -0.125. The molecule has 0 spiro atoms. The summed E-state index contributed by atoms with van der Waals surface area (Å²) >= 11 is 9.16. The third-order valence-electron chi connectivity index (χ3n) is 3.10. The Kier molecular flexibility index (Phi) is 4.40. The predicted molar refractivity (Wildman–Crippen MR) is 88.0 cm³/mol. The standard InChI is InChI=1S/C15H11BrClN3O2/c16-10-3-1-2-9(6-10)12-7-13(22-20-12)15(21)19-14-5-4-11(17)8-18-14/h1-6,8,13H,7H2,(H,18,19,21)/t13-/m1/s1. The van der Waals surface area contributed by atoms with Crippen molar-refractivity contribution >= 4 is 45.0 Å². The summed E-state index contributed by atoms with van der Waals surface area (Å²) in [5, 5.41) is 7.19. The van der Waals surface area contributed by atoms with Crippen LogP contribution < -0.4 is 5.32 Å². The van der Waals surface area contributed by atoms with Gasteiger partial charge in [-0.15, -0.1) is 0 Å². The van der Waals surface area contributed by atoms with E-state index in [4.69, 9.17) is 16.4 Å². The average molecular weight is 381 g/mol. The van der Waals surface area contributed by atoms with Gasteiger partial charge in [0, 0.05) is 22.7 Å². The van der Waals surface area contributed by atoms with Gasteiger partial charge in [0.15, 0.2) is 0 Å². The zero-order valence-corrected chi connectivity index (χ0v) is 13.6. The number of hydrogen-bond donors (Lipinski definition) is 1. The molecule has 0 unspecified atom stereocenters. The Morgan fingerprint density at radius 2 is 2.23 bits per heavy atom. The van der Waals surface area contributed by atoms with E-state index >= 15 is 0 Å². The van der Waals surface area contributed by atoms with E-state index in [1.54, 1.807) is 12.1 Å². The van der Waals surface area contributed by atoms with E-state index in [0.717, 1.165) is 15.7 Å². The van der Waals surface area contributed by atoms with Crippen molar-refractivity contribution in [2.24, 2.45) is 5.16 Å². The second-order valence-corrected chi connectivity index (χ2v) is 6.05. The monoisotopic (exact) mass is 379 g/mol. The van der Waals surface area contributed by atoms with Crippen molar-refractivity contribution < 1.29 is 9.63 Å². The Morgan fingerprint density at radius 3 is 2.95 bits per heavy atom. The Balaban J connectivity index is 1.64. The molecule has 1 aliphatic heterocycles. The molecule has 1 amide bonds. The summed E-state index contributed by atoms with van der Waals surface area (Å²) in [6, 6.07) is 11.0. The maximum absolute atomic E-state index is 12.2. The Labute approximate surface area is 140 Å². The summed E-state index contributed by atoms with van der Waals surface area (Å²) in [6.45, 7) is 0. The van der Waals surface area contributed by atoms with E-state index in [2.05, 4.69) is 31.4 Å². The van der Waals surface area contributed by atoms with Crippen LogP contribution in [-0.2, 0) is 9.63 Å². The van der Waals surface area contributed by atoms with Gasteiger partial charge in [0.05, 0.1) is 10.7 Å². The highest BCUT2D eigenvalue weighted by Gasteiger charge is 2.29. The molecule has 112 valence electrons. The fourth-order valence-corrected chi connectivity index (χ4v) is 2.52. The third kappa shape index (κ3) is 3.45. The number of rotatable bonds is 3. The molecular formula is C15H11BrClN3O2. The van der Waals surface area contributed by atoms with Crippen molar-refractivity contribution in [1.29, 1.82) is 0 Å². The SMILES string of the molecule is O=C(Nc1ccc(Cl)cn1)[C@H]1CC(c2cccc(Br)c2)=NO1. The van der Waals surface area contributed by atoms with Gasteiger partial charge >= 0.3 is 0 Å². The minimum absolute atomic E-state index is 0.288. The van der Waals surface area contributed by atoms with Crippen molar-refractivity contribution in [2.75, 3.05) is 5.32 Å². The molecule has 1 aromatic carbocycles. The topological polar surface area (TPSA) is 63.6 Å². The Hall–Kier alpha value is -1.92. The maximum Gasteiger partial charge on any atom is 0.269 e. The van der Waals surface area contributed by atoms with E-state index in [-0.39, 0.29) is 5.91 Å². The van der Waals surface area contributed by atoms with Crippen LogP contribution in [0.2, 0.25) is 5.02 Å². The van der Waals surface area contributed by atoms with Gasteiger partial charge in [0.25, 0.3) is 5.91 Å². The highest BCUT2D eigenvalue weighted by Crippen LogP contribution is 2.20. The van der Waals surface area contributed by atoms with Gasteiger partial charge in [-0.2, -0.15) is 0 Å². The first-order valence-electron chi connectivity index (χ1n) is 6.53. The van der Waals surface area contributed by atoms with E-state index in [9.17, 15) is 4.79 Å². The second-order valence-electron chi connectivity index (χ2n) is 4.70. The molecule has 1 aliphatic rings. The van der Waals surface area contributed by atoms with E-state index in [0.29, 0.717) is 17.3 Å². The van der Waals surface area contributed by atoms with Crippen LogP contribution in [0.3, 0.4) is 0 Å². The van der Waals surface area contributed by atoms with Crippen LogP contribution in [0.15, 0.2) is 52.2 Å². The molecule has 3 rings (SSSR count). The molecule has 1 atom stereocenters. The second kappa shape index (κ2) is 6.46. The Morgan fingerprint density at radius 1 is 1.36 bits per heavy atom. The van der Waals surface area contributed by atoms with Crippen molar-refractivity contribution in [2.45, 2.75) is 12.5 Å². The van der Waals surface area contributed by atoms with Crippen LogP contribution in [0.4, 0.5) is 5.82 Å². The van der Waals surface area contributed by atoms with Gasteiger partial charge in [0.1, 0.15) is 5.82 Å². The highest BCUT2D eigenvalue weighted by molar-refractivity contribution is 9.10. The number of carbonyl (C=O) groups excluding carboxylic acids is 1. The number of nitrogens with zero attached hydrogens (tertiary/aromatic N) is 2. The summed E-state index contributed by atoms with van der Waals surface area (Å²) in [7, 11) is 0. The molecule has 1 N–H and O–H groups in total. The number of pyridine rings is 1. The van der Waals surface area contributed by atoms with Crippen molar-refractivity contribution in [3.05, 3.63) is 57.7 Å². The molecule has 5 nitrogen and oxygen atoms in total. The smallest absolute Gasteiger partial charge is 0.269 e. The molecule has 0 aliphatic carbocycles. The van der Waals surface area contributed by atoms with Crippen LogP contribution in [0.1, 0.15) is 12.0 Å². The number of amides is 1. The number of oxime groups is 1. The first-order valence-corrected chi connectivity index (χ1v) is 7.70. The van der Waals surface area contributed by atoms with Crippen molar-refractivity contribution in [1.82, 2.24) is 4.98 Å². The molecule has 0 bridgehead atoms. The number of halogens is 2. The quantitative estimate of drug-likeness (QED) is 0.884. The lowest BCUT2D eigenvalue weighted by Gasteiger charge is -2.08. The number of hydrogen-bond acceptors (Lipinski definition) is 4. The largest absolute Gasteiger partial charge is 0.382 e. The molecule has 0 radical (unpaired) electrons. The molecular weight excluding hydrogens is 370 g/mol. The molecule has 1 aromatic heterocycles. The molecule has 7 heteroatoms. The summed E-state index contributed by atoms with van der Waals surface area (Å²) in [6.07, 6.45) is 1.22. The minimum Gasteiger partial charge on any atom is -0.382 e. The van der Waals surface area contributed by atoms with Gasteiger partial charge in [0.2, 0.25) is 6.10 Å². The normalized spacial score (nSPS) is 16.8. The van der Waals surface area contributed by atoms with Gasteiger partial charge in [-0.3, -0.25) is 4.79 Å². The third-order valence-corrected chi connectivity index (χ3v) is 3.81. The van der Waals surface area contributed by atoms with Gasteiger partial charge in [-0.05, 0) is 24.3 Å². The summed E-state index contributed by atoms with van der Waals surface area (Å²) in [5.41, 5.74) is 1.67. The van der Waals surface area contributed by atoms with Gasteiger partial charge in [-0.1, -0.05) is 44.8 Å². The molecule has 0 saturated heterocycles. The van der Waals surface area contributed by atoms with Crippen LogP contribution in [-0.4, -0.2) is 22.7 Å². The molecule has 2 heterocycles. The van der Waals surface area contributed by atoms with Gasteiger partial charge < -0.3 is 10.2 Å². The van der Waals surface area contributed by atoms with E-state index < -0.39 is 6.10 Å². The summed E-state index contributed by atoms with van der Waals surface area (Å²) in [5.74, 6) is 0.137.